The van der Waals surface area contributed by atoms with E-state index in [-0.39, 0.29) is 6.10 Å². The maximum Gasteiger partial charge on any atom is 0.0793 e. The Balaban J connectivity index is 1.69. The van der Waals surface area contributed by atoms with Crippen molar-refractivity contribution in [2.45, 2.75) is 58.1 Å². The molecule has 0 aromatic heterocycles. The number of nitrogens with zero attached hydrogens (tertiary/aromatic N) is 2. The lowest BCUT2D eigenvalue weighted by atomic mass is 9.99. The Morgan fingerprint density at radius 3 is 2.39 bits per heavy atom. The molecule has 0 radical (unpaired) electrons. The Labute approximate surface area is 112 Å². The Kier molecular flexibility index (Phi) is 5.46. The molecule has 3 heteroatoms. The van der Waals surface area contributed by atoms with Crippen molar-refractivity contribution in [3.05, 3.63) is 0 Å². The molecule has 3 nitrogen and oxygen atoms in total. The van der Waals surface area contributed by atoms with E-state index in [1.54, 1.807) is 0 Å². The fourth-order valence-corrected chi connectivity index (χ4v) is 3.30. The van der Waals surface area contributed by atoms with Crippen molar-refractivity contribution < 1.29 is 5.11 Å². The normalized spacial score (nSPS) is 30.5. The van der Waals surface area contributed by atoms with Crippen LogP contribution in [0.15, 0.2) is 0 Å². The van der Waals surface area contributed by atoms with Crippen LogP contribution in [-0.2, 0) is 0 Å². The van der Waals surface area contributed by atoms with Crippen LogP contribution >= 0.6 is 0 Å². The number of aliphatic hydroxyl groups excluding tert-OH is 1. The third-order valence-corrected chi connectivity index (χ3v) is 4.73. The monoisotopic (exact) mass is 254 g/mol. The van der Waals surface area contributed by atoms with Gasteiger partial charge in [0.25, 0.3) is 0 Å². The molecule has 0 aromatic rings. The van der Waals surface area contributed by atoms with Crippen LogP contribution in [0.5, 0.6) is 0 Å². The van der Waals surface area contributed by atoms with E-state index in [9.17, 15) is 5.11 Å². The third-order valence-electron chi connectivity index (χ3n) is 4.73. The molecule has 0 bridgehead atoms. The summed E-state index contributed by atoms with van der Waals surface area (Å²) in [6, 6.07) is 0.662. The largest absolute Gasteiger partial charge is 0.390 e. The van der Waals surface area contributed by atoms with Crippen LogP contribution in [-0.4, -0.2) is 59.8 Å². The number of aliphatic hydroxyl groups is 1. The Bertz CT molecular complexity index is 239. The average Bonchev–Trinajstić information content (AvgIpc) is 2.35. The minimum atomic E-state index is -0.168. The number of piperidine rings is 2. The highest BCUT2D eigenvalue weighted by Gasteiger charge is 2.23. The predicted octanol–water partition coefficient (Wildman–Crippen LogP) is 1.95. The second kappa shape index (κ2) is 6.88. The molecule has 0 saturated carbocycles. The number of hydrogen-bond acceptors (Lipinski definition) is 3. The maximum atomic E-state index is 10.3. The van der Waals surface area contributed by atoms with Crippen LogP contribution in [0.25, 0.3) is 0 Å². The molecule has 2 rings (SSSR count). The molecule has 1 N–H and O–H groups in total. The van der Waals surface area contributed by atoms with Crippen molar-refractivity contribution in [1.29, 1.82) is 0 Å². The molecule has 2 heterocycles. The lowest BCUT2D eigenvalue weighted by molar-refractivity contribution is 0.0405. The average molecular weight is 254 g/mol. The molecule has 0 spiro atoms. The summed E-state index contributed by atoms with van der Waals surface area (Å²) in [6.45, 7) is 9.90. The third kappa shape index (κ3) is 4.22. The highest BCUT2D eigenvalue weighted by atomic mass is 16.3. The van der Waals surface area contributed by atoms with E-state index in [1.807, 2.05) is 0 Å². The van der Waals surface area contributed by atoms with E-state index >= 15 is 0 Å². The van der Waals surface area contributed by atoms with Crippen molar-refractivity contribution >= 4 is 0 Å². The Hall–Kier alpha value is -0.120. The van der Waals surface area contributed by atoms with E-state index in [0.717, 1.165) is 19.0 Å². The summed E-state index contributed by atoms with van der Waals surface area (Å²) in [4.78, 5) is 4.92. The molecule has 0 aromatic carbocycles. The summed E-state index contributed by atoms with van der Waals surface area (Å²) < 4.78 is 0. The second-order valence-corrected chi connectivity index (χ2v) is 6.48. The van der Waals surface area contributed by atoms with Gasteiger partial charge in [0, 0.05) is 19.1 Å². The number of β-amino-alcohol motifs (C(OH)–C–C–N with tert-alkyl or cyclic N) is 1. The zero-order valence-electron chi connectivity index (χ0n) is 12.1. The van der Waals surface area contributed by atoms with Crippen molar-refractivity contribution in [3.63, 3.8) is 0 Å². The molecule has 2 unspecified atom stereocenters. The number of likely N-dealkylation sites (tertiary alicyclic amines) is 2. The van der Waals surface area contributed by atoms with Gasteiger partial charge in [-0.25, -0.2) is 0 Å². The Morgan fingerprint density at radius 1 is 1.00 bits per heavy atom. The van der Waals surface area contributed by atoms with Crippen molar-refractivity contribution in [2.24, 2.45) is 5.92 Å². The van der Waals surface area contributed by atoms with Gasteiger partial charge in [-0.3, -0.25) is 4.90 Å². The highest BCUT2D eigenvalue weighted by Crippen LogP contribution is 2.18. The minimum absolute atomic E-state index is 0.168. The van der Waals surface area contributed by atoms with Gasteiger partial charge in [0.05, 0.1) is 6.10 Å². The van der Waals surface area contributed by atoms with Crippen molar-refractivity contribution in [2.75, 3.05) is 32.7 Å². The maximum absolute atomic E-state index is 10.3. The van der Waals surface area contributed by atoms with E-state index in [0.29, 0.717) is 6.04 Å². The standard InChI is InChI=1S/C15H30N2O/c1-13-6-9-16(10-7-13)11-15(18)12-17-8-4-3-5-14(17)2/h13-15,18H,3-12H2,1-2H3. The lowest BCUT2D eigenvalue weighted by Gasteiger charge is -2.37. The van der Waals surface area contributed by atoms with Gasteiger partial charge in [0.2, 0.25) is 0 Å². The summed E-state index contributed by atoms with van der Waals surface area (Å²) in [6.07, 6.45) is 6.39. The van der Waals surface area contributed by atoms with Gasteiger partial charge < -0.3 is 10.0 Å². The van der Waals surface area contributed by atoms with Crippen molar-refractivity contribution in [3.8, 4) is 0 Å². The van der Waals surface area contributed by atoms with E-state index in [2.05, 4.69) is 23.6 Å². The first kappa shape index (κ1) is 14.3. The van der Waals surface area contributed by atoms with Crippen LogP contribution in [0, 0.1) is 5.92 Å². The SMILES string of the molecule is CC1CCN(CC(O)CN2CCCCC2C)CC1. The van der Waals surface area contributed by atoms with Gasteiger partial charge in [0.15, 0.2) is 0 Å². The molecule has 2 aliphatic rings. The minimum Gasteiger partial charge on any atom is -0.390 e. The van der Waals surface area contributed by atoms with E-state index in [1.165, 1.54) is 51.7 Å². The predicted molar refractivity (Wildman–Crippen MR) is 75.7 cm³/mol. The highest BCUT2D eigenvalue weighted by molar-refractivity contribution is 4.78. The molecular formula is C15H30N2O. The summed E-state index contributed by atoms with van der Waals surface area (Å²) >= 11 is 0. The quantitative estimate of drug-likeness (QED) is 0.831. The van der Waals surface area contributed by atoms with Gasteiger partial charge in [-0.1, -0.05) is 13.3 Å². The van der Waals surface area contributed by atoms with Crippen molar-refractivity contribution in [1.82, 2.24) is 9.80 Å². The molecule has 2 atom stereocenters. The fraction of sp³-hybridized carbons (Fsp3) is 1.00. The first-order valence-corrected chi connectivity index (χ1v) is 7.79. The molecular weight excluding hydrogens is 224 g/mol. The smallest absolute Gasteiger partial charge is 0.0793 e. The van der Waals surface area contributed by atoms with E-state index in [4.69, 9.17) is 0 Å². The first-order chi connectivity index (χ1) is 8.65. The number of rotatable bonds is 4. The van der Waals surface area contributed by atoms with Crippen LogP contribution in [0.1, 0.15) is 46.0 Å². The first-order valence-electron chi connectivity index (χ1n) is 7.79. The second-order valence-electron chi connectivity index (χ2n) is 6.48. The topological polar surface area (TPSA) is 26.7 Å². The zero-order chi connectivity index (χ0) is 13.0. The van der Waals surface area contributed by atoms with Gasteiger partial charge in [0.1, 0.15) is 0 Å². The molecule has 0 amide bonds. The molecule has 18 heavy (non-hydrogen) atoms. The van der Waals surface area contributed by atoms with Gasteiger partial charge in [-0.2, -0.15) is 0 Å². The number of hydrogen-bond donors (Lipinski definition) is 1. The van der Waals surface area contributed by atoms with Crippen LogP contribution in [0.3, 0.4) is 0 Å². The molecule has 2 fully saturated rings. The Morgan fingerprint density at radius 2 is 1.72 bits per heavy atom. The lowest BCUT2D eigenvalue weighted by Crippen LogP contribution is -2.46. The van der Waals surface area contributed by atoms with Crippen LogP contribution in [0.4, 0.5) is 0 Å². The zero-order valence-corrected chi connectivity index (χ0v) is 12.1. The molecule has 0 aliphatic carbocycles. The van der Waals surface area contributed by atoms with Gasteiger partial charge >= 0.3 is 0 Å². The summed E-state index contributed by atoms with van der Waals surface area (Å²) in [7, 11) is 0. The molecule has 2 saturated heterocycles. The summed E-state index contributed by atoms with van der Waals surface area (Å²) in [5.41, 5.74) is 0. The molecule has 106 valence electrons. The van der Waals surface area contributed by atoms with Crippen LogP contribution in [0.2, 0.25) is 0 Å². The summed E-state index contributed by atoms with van der Waals surface area (Å²) in [5, 5.41) is 10.3. The molecule has 2 aliphatic heterocycles. The van der Waals surface area contributed by atoms with Crippen LogP contribution < -0.4 is 0 Å². The van der Waals surface area contributed by atoms with E-state index < -0.39 is 0 Å². The summed E-state index contributed by atoms with van der Waals surface area (Å²) in [5.74, 6) is 0.875. The fourth-order valence-electron chi connectivity index (χ4n) is 3.30. The van der Waals surface area contributed by atoms with Gasteiger partial charge in [-0.15, -0.1) is 0 Å². The van der Waals surface area contributed by atoms with Gasteiger partial charge in [-0.05, 0) is 58.2 Å².